The third-order valence-electron chi connectivity index (χ3n) is 3.09. The molecular formula is C16H18ClN3O2. The Bertz CT molecular complexity index is 662. The largest absolute Gasteiger partial charge is 0.478 e. The summed E-state index contributed by atoms with van der Waals surface area (Å²) in [6.45, 7) is 4.60. The molecule has 1 heterocycles. The molecule has 1 aromatic carbocycles. The molecule has 6 heteroatoms. The molecule has 0 bridgehead atoms. The molecule has 0 saturated heterocycles. The van der Waals surface area contributed by atoms with Crippen molar-refractivity contribution in [2.24, 2.45) is 0 Å². The van der Waals surface area contributed by atoms with E-state index in [0.717, 1.165) is 11.1 Å². The van der Waals surface area contributed by atoms with E-state index in [9.17, 15) is 4.79 Å². The number of benzene rings is 1. The van der Waals surface area contributed by atoms with Crippen molar-refractivity contribution in [3.63, 3.8) is 0 Å². The highest BCUT2D eigenvalue weighted by Gasteiger charge is 2.08. The molecule has 0 saturated carbocycles. The van der Waals surface area contributed by atoms with Crippen molar-refractivity contribution in [2.45, 2.75) is 20.4 Å². The summed E-state index contributed by atoms with van der Waals surface area (Å²) >= 11 is 6.03. The van der Waals surface area contributed by atoms with Gasteiger partial charge in [-0.15, -0.1) is 0 Å². The molecule has 2 rings (SSSR count). The molecule has 1 aromatic heterocycles. The minimum absolute atomic E-state index is 0.309. The van der Waals surface area contributed by atoms with Gasteiger partial charge in [0.25, 0.3) is 0 Å². The lowest BCUT2D eigenvalue weighted by atomic mass is 10.2. The summed E-state index contributed by atoms with van der Waals surface area (Å²) in [4.78, 5) is 16.1. The number of hydrogen-bond acceptors (Lipinski definition) is 3. The molecule has 2 aromatic rings. The normalized spacial score (nSPS) is 10.1. The number of amides is 2. The van der Waals surface area contributed by atoms with E-state index in [1.54, 1.807) is 30.5 Å². The number of pyridine rings is 1. The molecule has 22 heavy (non-hydrogen) atoms. The maximum absolute atomic E-state index is 12.0. The molecular weight excluding hydrogens is 302 g/mol. The second-order valence-corrected chi connectivity index (χ2v) is 5.03. The number of hydrogen-bond donors (Lipinski definition) is 2. The van der Waals surface area contributed by atoms with Crippen LogP contribution in [-0.2, 0) is 6.54 Å². The average Bonchev–Trinajstić information content (AvgIpc) is 2.51. The number of carbonyl (C=O) groups excluding carboxylic acids is 1. The zero-order valence-corrected chi connectivity index (χ0v) is 13.3. The minimum Gasteiger partial charge on any atom is -0.478 e. The van der Waals surface area contributed by atoms with E-state index in [1.807, 2.05) is 19.9 Å². The van der Waals surface area contributed by atoms with Gasteiger partial charge in [-0.2, -0.15) is 0 Å². The van der Waals surface area contributed by atoms with Crippen LogP contribution in [0.4, 0.5) is 10.5 Å². The lowest BCUT2D eigenvalue weighted by Gasteiger charge is -2.12. The topological polar surface area (TPSA) is 63.2 Å². The van der Waals surface area contributed by atoms with E-state index in [1.165, 1.54) is 0 Å². The summed E-state index contributed by atoms with van der Waals surface area (Å²) in [5, 5.41) is 6.17. The number of aromatic nitrogens is 1. The number of ether oxygens (including phenoxy) is 1. The Kier molecular flexibility index (Phi) is 5.61. The van der Waals surface area contributed by atoms with Gasteiger partial charge in [0, 0.05) is 29.0 Å². The SMILES string of the molecule is CCOc1ncccc1CNC(=O)Nc1cccc(Cl)c1C. The van der Waals surface area contributed by atoms with Crippen LogP contribution in [0, 0.1) is 6.92 Å². The smallest absolute Gasteiger partial charge is 0.319 e. The number of anilines is 1. The van der Waals surface area contributed by atoms with Gasteiger partial charge in [-0.1, -0.05) is 23.7 Å². The maximum Gasteiger partial charge on any atom is 0.319 e. The number of rotatable bonds is 5. The van der Waals surface area contributed by atoms with Crippen LogP contribution in [0.5, 0.6) is 5.88 Å². The fourth-order valence-electron chi connectivity index (χ4n) is 1.91. The predicted octanol–water partition coefficient (Wildman–Crippen LogP) is 3.76. The van der Waals surface area contributed by atoms with Gasteiger partial charge in [0.2, 0.25) is 5.88 Å². The molecule has 0 spiro atoms. The maximum atomic E-state index is 12.0. The second kappa shape index (κ2) is 7.66. The number of urea groups is 1. The number of nitrogens with one attached hydrogen (secondary N) is 2. The van der Waals surface area contributed by atoms with Crippen molar-refractivity contribution in [3.05, 3.63) is 52.7 Å². The van der Waals surface area contributed by atoms with Gasteiger partial charge in [0.1, 0.15) is 0 Å². The molecule has 0 unspecified atom stereocenters. The van der Waals surface area contributed by atoms with Gasteiger partial charge in [-0.05, 0) is 37.6 Å². The average molecular weight is 320 g/mol. The molecule has 0 aliphatic heterocycles. The number of halogens is 1. The van der Waals surface area contributed by atoms with E-state index in [4.69, 9.17) is 16.3 Å². The lowest BCUT2D eigenvalue weighted by molar-refractivity contribution is 0.251. The lowest BCUT2D eigenvalue weighted by Crippen LogP contribution is -2.28. The van der Waals surface area contributed by atoms with Gasteiger partial charge in [0.15, 0.2) is 0 Å². The molecule has 0 aliphatic rings. The summed E-state index contributed by atoms with van der Waals surface area (Å²) in [6.07, 6.45) is 1.66. The van der Waals surface area contributed by atoms with Gasteiger partial charge in [-0.3, -0.25) is 0 Å². The molecule has 0 aliphatic carbocycles. The number of nitrogens with zero attached hydrogens (tertiary/aromatic N) is 1. The Morgan fingerprint density at radius 1 is 1.32 bits per heavy atom. The summed E-state index contributed by atoms with van der Waals surface area (Å²) in [6, 6.07) is 8.73. The van der Waals surface area contributed by atoms with E-state index >= 15 is 0 Å². The molecule has 0 atom stereocenters. The Morgan fingerprint density at radius 2 is 2.14 bits per heavy atom. The van der Waals surface area contributed by atoms with Crippen molar-refractivity contribution >= 4 is 23.3 Å². The highest BCUT2D eigenvalue weighted by molar-refractivity contribution is 6.31. The zero-order chi connectivity index (χ0) is 15.9. The Labute approximate surface area is 134 Å². The van der Waals surface area contributed by atoms with Crippen molar-refractivity contribution in [1.82, 2.24) is 10.3 Å². The first-order valence-electron chi connectivity index (χ1n) is 6.98. The third-order valence-corrected chi connectivity index (χ3v) is 3.50. The minimum atomic E-state index is -0.309. The van der Waals surface area contributed by atoms with Crippen molar-refractivity contribution in [1.29, 1.82) is 0 Å². The summed E-state index contributed by atoms with van der Waals surface area (Å²) < 4.78 is 5.42. The van der Waals surface area contributed by atoms with Crippen LogP contribution in [0.3, 0.4) is 0 Å². The van der Waals surface area contributed by atoms with Crippen LogP contribution in [0.1, 0.15) is 18.1 Å². The molecule has 0 radical (unpaired) electrons. The number of carbonyl (C=O) groups is 1. The summed E-state index contributed by atoms with van der Waals surface area (Å²) in [7, 11) is 0. The fourth-order valence-corrected chi connectivity index (χ4v) is 2.08. The predicted molar refractivity (Wildman–Crippen MR) is 87.5 cm³/mol. The van der Waals surface area contributed by atoms with Crippen molar-refractivity contribution in [2.75, 3.05) is 11.9 Å². The highest BCUT2D eigenvalue weighted by atomic mass is 35.5. The van der Waals surface area contributed by atoms with Crippen molar-refractivity contribution in [3.8, 4) is 5.88 Å². The zero-order valence-electron chi connectivity index (χ0n) is 12.5. The van der Waals surface area contributed by atoms with E-state index in [2.05, 4.69) is 15.6 Å². The molecule has 116 valence electrons. The fraction of sp³-hybridized carbons (Fsp3) is 0.250. The third kappa shape index (κ3) is 4.11. The van der Waals surface area contributed by atoms with Crippen molar-refractivity contribution < 1.29 is 9.53 Å². The van der Waals surface area contributed by atoms with Gasteiger partial charge >= 0.3 is 6.03 Å². The quantitative estimate of drug-likeness (QED) is 0.882. The van der Waals surface area contributed by atoms with Gasteiger partial charge < -0.3 is 15.4 Å². The van der Waals surface area contributed by atoms with Crippen LogP contribution in [0.15, 0.2) is 36.5 Å². The van der Waals surface area contributed by atoms with Crippen LogP contribution in [-0.4, -0.2) is 17.6 Å². The van der Waals surface area contributed by atoms with E-state index in [0.29, 0.717) is 29.7 Å². The highest BCUT2D eigenvalue weighted by Crippen LogP contribution is 2.22. The summed E-state index contributed by atoms with van der Waals surface area (Å²) in [5.41, 5.74) is 2.33. The van der Waals surface area contributed by atoms with E-state index < -0.39 is 0 Å². The standard InChI is InChI=1S/C16H18ClN3O2/c1-3-22-15-12(6-5-9-18-15)10-19-16(21)20-14-8-4-7-13(17)11(14)2/h4-9H,3,10H2,1-2H3,(H2,19,20,21). The Morgan fingerprint density at radius 3 is 2.91 bits per heavy atom. The van der Waals surface area contributed by atoms with Gasteiger partial charge in [0.05, 0.1) is 6.61 Å². The first kappa shape index (κ1) is 16.1. The Hall–Kier alpha value is -2.27. The molecule has 2 amide bonds. The second-order valence-electron chi connectivity index (χ2n) is 4.62. The molecule has 5 nitrogen and oxygen atoms in total. The molecule has 0 fully saturated rings. The van der Waals surface area contributed by atoms with Crippen LogP contribution in [0.25, 0.3) is 0 Å². The molecule has 2 N–H and O–H groups in total. The van der Waals surface area contributed by atoms with Gasteiger partial charge in [-0.25, -0.2) is 9.78 Å². The first-order chi connectivity index (χ1) is 10.6. The van der Waals surface area contributed by atoms with Crippen LogP contribution >= 0.6 is 11.6 Å². The summed E-state index contributed by atoms with van der Waals surface area (Å²) in [5.74, 6) is 0.532. The Balaban J connectivity index is 1.97. The monoisotopic (exact) mass is 319 g/mol. The van der Waals surface area contributed by atoms with E-state index in [-0.39, 0.29) is 6.03 Å². The van der Waals surface area contributed by atoms with Crippen LogP contribution in [0.2, 0.25) is 5.02 Å². The first-order valence-corrected chi connectivity index (χ1v) is 7.36. The van der Waals surface area contributed by atoms with Crippen LogP contribution < -0.4 is 15.4 Å².